The summed E-state index contributed by atoms with van der Waals surface area (Å²) in [6.45, 7) is 7.82. The van der Waals surface area contributed by atoms with Crippen LogP contribution >= 0.6 is 0 Å². The van der Waals surface area contributed by atoms with Crippen molar-refractivity contribution in [3.8, 4) is 0 Å². The topological polar surface area (TPSA) is 55.4 Å². The third kappa shape index (κ3) is 5.07. The second-order valence-electron chi connectivity index (χ2n) is 6.34. The molecule has 0 radical (unpaired) electrons. The quantitative estimate of drug-likeness (QED) is 0.804. The maximum Gasteiger partial charge on any atom is 0.378 e. The molecule has 1 aromatic carbocycles. The minimum Gasteiger partial charge on any atom is -0.462 e. The van der Waals surface area contributed by atoms with Crippen LogP contribution in [0.2, 0.25) is 0 Å². The van der Waals surface area contributed by atoms with Crippen LogP contribution in [0.25, 0.3) is 0 Å². The summed E-state index contributed by atoms with van der Waals surface area (Å²) in [6.07, 6.45) is 0. The zero-order valence-electron chi connectivity index (χ0n) is 14.0. The summed E-state index contributed by atoms with van der Waals surface area (Å²) in [7, 11) is -1.87. The molecule has 0 bridgehead atoms. The molecule has 1 aromatic rings. The Balaban J connectivity index is 3.06. The summed E-state index contributed by atoms with van der Waals surface area (Å²) in [6, 6.07) is 5.03. The van der Waals surface area contributed by atoms with Crippen LogP contribution in [-0.2, 0) is 20.5 Å². The molecule has 23 heavy (non-hydrogen) atoms. The second-order valence-corrected chi connectivity index (χ2v) is 7.59. The van der Waals surface area contributed by atoms with Gasteiger partial charge in [-0.2, -0.15) is 8.78 Å². The number of carbonyl (C=O) groups excluding carboxylic acids is 1. The molecule has 0 spiro atoms. The lowest BCUT2D eigenvalue weighted by Crippen LogP contribution is -2.57. The molecule has 2 atom stereocenters. The van der Waals surface area contributed by atoms with Crippen LogP contribution in [-0.4, -0.2) is 28.7 Å². The van der Waals surface area contributed by atoms with Gasteiger partial charge < -0.3 is 4.74 Å². The van der Waals surface area contributed by atoms with E-state index in [1.807, 2.05) is 6.92 Å². The van der Waals surface area contributed by atoms with Crippen LogP contribution in [0.1, 0.15) is 33.3 Å². The smallest absolute Gasteiger partial charge is 0.378 e. The molecule has 0 fully saturated rings. The van der Waals surface area contributed by atoms with E-state index < -0.39 is 34.3 Å². The number of halogens is 2. The Morgan fingerprint density at radius 1 is 1.26 bits per heavy atom. The molecule has 0 saturated carbocycles. The van der Waals surface area contributed by atoms with Gasteiger partial charge in [0.1, 0.15) is 11.0 Å². The standard InChI is InChI=1S/C16H23F2NO3S/c1-6-22-14(20)16(17,18)13(15(3,4)5)19-23(21)12-9-7-11(2)8-10-12/h7-10,13,19H,6H2,1-5H3/t13-,23+/m1/s1. The van der Waals surface area contributed by atoms with Gasteiger partial charge in [-0.15, -0.1) is 0 Å². The largest absolute Gasteiger partial charge is 0.462 e. The van der Waals surface area contributed by atoms with Crippen LogP contribution in [0.4, 0.5) is 8.78 Å². The number of nitrogens with one attached hydrogen (secondary N) is 1. The fourth-order valence-electron chi connectivity index (χ4n) is 1.98. The molecule has 0 aliphatic rings. The number of esters is 1. The first-order valence-electron chi connectivity index (χ1n) is 7.29. The van der Waals surface area contributed by atoms with Crippen LogP contribution < -0.4 is 4.72 Å². The predicted octanol–water partition coefficient (Wildman–Crippen LogP) is 3.22. The van der Waals surface area contributed by atoms with Crippen molar-refractivity contribution in [3.05, 3.63) is 29.8 Å². The van der Waals surface area contributed by atoms with E-state index in [4.69, 9.17) is 0 Å². The highest BCUT2D eigenvalue weighted by atomic mass is 32.2. The molecule has 1 rings (SSSR count). The molecule has 0 unspecified atom stereocenters. The normalized spacial score (nSPS) is 15.1. The van der Waals surface area contributed by atoms with Crippen molar-refractivity contribution in [2.75, 3.05) is 6.61 Å². The Morgan fingerprint density at radius 3 is 2.22 bits per heavy atom. The Hall–Kier alpha value is -1.34. The molecule has 0 saturated heterocycles. The van der Waals surface area contributed by atoms with Crippen molar-refractivity contribution in [1.82, 2.24) is 4.72 Å². The number of hydrogen-bond donors (Lipinski definition) is 1. The predicted molar refractivity (Wildman–Crippen MR) is 85.5 cm³/mol. The third-order valence-corrected chi connectivity index (χ3v) is 4.39. The van der Waals surface area contributed by atoms with Crippen LogP contribution in [0.5, 0.6) is 0 Å². The van der Waals surface area contributed by atoms with Gasteiger partial charge >= 0.3 is 11.9 Å². The first-order chi connectivity index (χ1) is 10.5. The molecule has 0 aliphatic carbocycles. The Morgan fingerprint density at radius 2 is 1.78 bits per heavy atom. The molecule has 4 nitrogen and oxygen atoms in total. The van der Waals surface area contributed by atoms with Gasteiger partial charge in [0.05, 0.1) is 17.5 Å². The lowest BCUT2D eigenvalue weighted by Gasteiger charge is -2.35. The lowest BCUT2D eigenvalue weighted by molar-refractivity contribution is -0.179. The first kappa shape index (κ1) is 19.7. The number of ether oxygens (including phenoxy) is 1. The number of rotatable bonds is 6. The van der Waals surface area contributed by atoms with E-state index in [0.29, 0.717) is 4.90 Å². The molecule has 0 aliphatic heterocycles. The van der Waals surface area contributed by atoms with Crippen molar-refractivity contribution in [1.29, 1.82) is 0 Å². The van der Waals surface area contributed by atoms with Crippen molar-refractivity contribution < 1.29 is 22.5 Å². The van der Waals surface area contributed by atoms with Gasteiger partial charge in [-0.05, 0) is 31.4 Å². The van der Waals surface area contributed by atoms with Crippen LogP contribution in [0.3, 0.4) is 0 Å². The highest BCUT2D eigenvalue weighted by molar-refractivity contribution is 7.83. The fraction of sp³-hybridized carbons (Fsp3) is 0.562. The number of benzene rings is 1. The highest BCUT2D eigenvalue weighted by Crippen LogP contribution is 2.34. The van der Waals surface area contributed by atoms with Gasteiger partial charge in [-0.1, -0.05) is 38.5 Å². The molecular weight excluding hydrogens is 324 g/mol. The maximum absolute atomic E-state index is 14.4. The van der Waals surface area contributed by atoms with Crippen LogP contribution in [0.15, 0.2) is 29.2 Å². The summed E-state index contributed by atoms with van der Waals surface area (Å²) < 4.78 is 48.1. The van der Waals surface area contributed by atoms with Gasteiger partial charge in [0.2, 0.25) is 0 Å². The van der Waals surface area contributed by atoms with E-state index in [-0.39, 0.29) is 6.61 Å². The molecule has 1 N–H and O–H groups in total. The number of hydrogen-bond acceptors (Lipinski definition) is 3. The third-order valence-electron chi connectivity index (χ3n) is 3.24. The van der Waals surface area contributed by atoms with E-state index in [9.17, 15) is 17.8 Å². The first-order valence-corrected chi connectivity index (χ1v) is 8.44. The maximum atomic E-state index is 14.4. The Bertz CT molecular complexity index is 568. The summed E-state index contributed by atoms with van der Waals surface area (Å²) in [5, 5.41) is 0. The fourth-order valence-corrected chi connectivity index (χ4v) is 3.21. The molecule has 130 valence electrons. The number of aryl methyl sites for hydroxylation is 1. The van der Waals surface area contributed by atoms with E-state index in [0.717, 1.165) is 5.56 Å². The second kappa shape index (κ2) is 7.49. The summed E-state index contributed by atoms with van der Waals surface area (Å²) in [4.78, 5) is 12.0. The van der Waals surface area contributed by atoms with Gasteiger partial charge in [-0.3, -0.25) is 0 Å². The highest BCUT2D eigenvalue weighted by Gasteiger charge is 2.54. The number of alkyl halides is 2. The SMILES string of the molecule is CCOC(=O)C(F)(F)[C@H](N[S@@](=O)c1ccc(C)cc1)C(C)(C)C. The summed E-state index contributed by atoms with van der Waals surface area (Å²) >= 11 is 0. The minimum atomic E-state index is -3.80. The molecule has 0 aromatic heterocycles. The summed E-state index contributed by atoms with van der Waals surface area (Å²) in [5.74, 6) is -5.41. The zero-order chi connectivity index (χ0) is 17.8. The van der Waals surface area contributed by atoms with Crippen molar-refractivity contribution in [3.63, 3.8) is 0 Å². The lowest BCUT2D eigenvalue weighted by atomic mass is 9.83. The molecule has 0 amide bonds. The van der Waals surface area contributed by atoms with Crippen molar-refractivity contribution in [2.24, 2.45) is 5.41 Å². The van der Waals surface area contributed by atoms with Gasteiger partial charge in [0.15, 0.2) is 0 Å². The zero-order valence-corrected chi connectivity index (χ0v) is 14.8. The van der Waals surface area contributed by atoms with Crippen molar-refractivity contribution >= 4 is 17.0 Å². The number of carbonyl (C=O) groups is 1. The average Bonchev–Trinajstić information content (AvgIpc) is 2.44. The van der Waals surface area contributed by atoms with E-state index >= 15 is 0 Å². The van der Waals surface area contributed by atoms with Gasteiger partial charge in [0.25, 0.3) is 0 Å². The van der Waals surface area contributed by atoms with E-state index in [2.05, 4.69) is 9.46 Å². The Labute approximate surface area is 138 Å². The van der Waals surface area contributed by atoms with Gasteiger partial charge in [0, 0.05) is 0 Å². The van der Waals surface area contributed by atoms with Gasteiger partial charge in [-0.25, -0.2) is 13.7 Å². The minimum absolute atomic E-state index is 0.146. The van der Waals surface area contributed by atoms with E-state index in [1.165, 1.54) is 6.92 Å². The van der Waals surface area contributed by atoms with E-state index in [1.54, 1.807) is 45.0 Å². The molecule has 7 heteroatoms. The molecule has 0 heterocycles. The Kier molecular flexibility index (Phi) is 6.41. The van der Waals surface area contributed by atoms with Crippen molar-refractivity contribution in [2.45, 2.75) is 51.5 Å². The summed E-state index contributed by atoms with van der Waals surface area (Å²) in [5.41, 5.74) is -0.0497. The molecular formula is C16H23F2NO3S. The van der Waals surface area contributed by atoms with Crippen LogP contribution in [0, 0.1) is 12.3 Å². The monoisotopic (exact) mass is 347 g/mol. The average molecular weight is 347 g/mol.